The van der Waals surface area contributed by atoms with Gasteiger partial charge < -0.3 is 23.8 Å². The molecule has 1 fully saturated rings. The van der Waals surface area contributed by atoms with Crippen molar-refractivity contribution in [2.75, 3.05) is 33.3 Å². The predicted octanol–water partition coefficient (Wildman–Crippen LogP) is 1.66. The predicted molar refractivity (Wildman–Crippen MR) is 77.9 cm³/mol. The van der Waals surface area contributed by atoms with E-state index in [0.717, 1.165) is 37.7 Å². The van der Waals surface area contributed by atoms with Crippen LogP contribution in [0.1, 0.15) is 11.5 Å². The summed E-state index contributed by atoms with van der Waals surface area (Å²) in [6.45, 7) is 6.16. The average Bonchev–Trinajstić information content (AvgIpc) is 3.09. The number of rotatable bonds is 5. The number of hydrogen-bond donors (Lipinski definition) is 1. The van der Waals surface area contributed by atoms with E-state index in [1.54, 1.807) is 6.26 Å². The molecule has 21 heavy (non-hydrogen) atoms. The topological polar surface area (TPSA) is 63.7 Å². The number of nitrogens with one attached hydrogen (secondary N) is 1. The molecule has 0 amide bonds. The van der Waals surface area contributed by atoms with E-state index in [1.165, 1.54) is 0 Å². The molecule has 1 saturated heterocycles. The summed E-state index contributed by atoms with van der Waals surface area (Å²) in [5, 5.41) is 3.39. The van der Waals surface area contributed by atoms with Crippen LogP contribution in [0.5, 0.6) is 0 Å². The van der Waals surface area contributed by atoms with Crippen molar-refractivity contribution in [2.24, 2.45) is 0 Å². The molecule has 0 saturated carbocycles. The highest BCUT2D eigenvalue weighted by Gasteiger charge is 2.18. The lowest BCUT2D eigenvalue weighted by Crippen LogP contribution is -2.44. The second-order valence-corrected chi connectivity index (χ2v) is 5.39. The Morgan fingerprint density at radius 3 is 3.14 bits per heavy atom. The van der Waals surface area contributed by atoms with Gasteiger partial charge in [-0.3, -0.25) is 0 Å². The van der Waals surface area contributed by atoms with E-state index < -0.39 is 0 Å². The molecule has 2 aromatic heterocycles. The molecule has 114 valence electrons. The largest absolute Gasteiger partial charge is 0.459 e. The van der Waals surface area contributed by atoms with Crippen LogP contribution in [-0.2, 0) is 11.3 Å². The van der Waals surface area contributed by atoms with Crippen molar-refractivity contribution in [3.63, 3.8) is 0 Å². The van der Waals surface area contributed by atoms with Gasteiger partial charge in [-0.1, -0.05) is 0 Å². The van der Waals surface area contributed by atoms with Crippen molar-refractivity contribution in [1.29, 1.82) is 0 Å². The molecule has 0 radical (unpaired) electrons. The first kappa shape index (κ1) is 14.3. The van der Waals surface area contributed by atoms with Crippen LogP contribution in [0.15, 0.2) is 27.2 Å². The molecule has 3 heterocycles. The number of aromatic nitrogens is 1. The summed E-state index contributed by atoms with van der Waals surface area (Å²) in [7, 11) is 2.12. The molecule has 2 aromatic rings. The summed E-state index contributed by atoms with van der Waals surface area (Å²) in [4.78, 5) is 6.76. The Balaban J connectivity index is 1.53. The molecule has 0 aromatic carbocycles. The van der Waals surface area contributed by atoms with E-state index in [0.29, 0.717) is 18.2 Å². The summed E-state index contributed by atoms with van der Waals surface area (Å²) in [6, 6.07) is 3.66. The minimum Gasteiger partial charge on any atom is -0.459 e. The lowest BCUT2D eigenvalue weighted by molar-refractivity contribution is -0.0182. The van der Waals surface area contributed by atoms with E-state index in [4.69, 9.17) is 13.6 Å². The zero-order chi connectivity index (χ0) is 14.7. The van der Waals surface area contributed by atoms with Crippen LogP contribution in [0.3, 0.4) is 0 Å². The smallest absolute Gasteiger partial charge is 0.263 e. The van der Waals surface area contributed by atoms with E-state index in [-0.39, 0.29) is 6.10 Å². The van der Waals surface area contributed by atoms with Crippen LogP contribution >= 0.6 is 0 Å². The quantitative estimate of drug-likeness (QED) is 0.904. The van der Waals surface area contributed by atoms with Crippen LogP contribution in [0, 0.1) is 6.92 Å². The highest BCUT2D eigenvalue weighted by molar-refractivity contribution is 5.44. The van der Waals surface area contributed by atoms with Gasteiger partial charge in [0.05, 0.1) is 24.7 Å². The summed E-state index contributed by atoms with van der Waals surface area (Å²) in [5.41, 5.74) is 0.908. The van der Waals surface area contributed by atoms with Crippen molar-refractivity contribution in [3.05, 3.63) is 29.9 Å². The summed E-state index contributed by atoms with van der Waals surface area (Å²) in [6.07, 6.45) is 1.85. The van der Waals surface area contributed by atoms with Crippen LogP contribution in [0.4, 0.5) is 0 Å². The number of likely N-dealkylation sites (N-methyl/N-ethyl adjacent to an activating group) is 1. The van der Waals surface area contributed by atoms with E-state index in [1.807, 2.05) is 19.1 Å². The number of furan rings is 1. The number of hydrogen-bond acceptors (Lipinski definition) is 6. The second-order valence-electron chi connectivity index (χ2n) is 5.39. The van der Waals surface area contributed by atoms with Gasteiger partial charge in [-0.25, -0.2) is 4.98 Å². The lowest BCUT2D eigenvalue weighted by Gasteiger charge is -2.30. The normalized spacial score (nSPS) is 20.0. The van der Waals surface area contributed by atoms with Crippen molar-refractivity contribution in [1.82, 2.24) is 15.2 Å². The fourth-order valence-corrected chi connectivity index (χ4v) is 2.44. The summed E-state index contributed by atoms with van der Waals surface area (Å²) >= 11 is 0. The van der Waals surface area contributed by atoms with Gasteiger partial charge in [-0.2, -0.15) is 0 Å². The summed E-state index contributed by atoms with van der Waals surface area (Å²) < 4.78 is 16.6. The van der Waals surface area contributed by atoms with Crippen molar-refractivity contribution >= 4 is 0 Å². The van der Waals surface area contributed by atoms with Gasteiger partial charge in [-0.05, 0) is 26.1 Å². The molecule has 6 heteroatoms. The first-order valence-electron chi connectivity index (χ1n) is 7.23. The highest BCUT2D eigenvalue weighted by atomic mass is 16.5. The first-order valence-corrected chi connectivity index (χ1v) is 7.23. The fraction of sp³-hybridized carbons (Fsp3) is 0.533. The number of morpholine rings is 1. The molecule has 6 nitrogen and oxygen atoms in total. The molecule has 1 N–H and O–H groups in total. The Kier molecular flexibility index (Phi) is 4.38. The van der Waals surface area contributed by atoms with Crippen LogP contribution in [-0.4, -0.2) is 49.3 Å². The van der Waals surface area contributed by atoms with Gasteiger partial charge in [0.25, 0.3) is 5.89 Å². The monoisotopic (exact) mass is 291 g/mol. The van der Waals surface area contributed by atoms with Gasteiger partial charge in [0.1, 0.15) is 5.76 Å². The molecule has 0 aliphatic carbocycles. The van der Waals surface area contributed by atoms with Gasteiger partial charge in [-0.15, -0.1) is 0 Å². The van der Waals surface area contributed by atoms with Gasteiger partial charge >= 0.3 is 0 Å². The molecular weight excluding hydrogens is 270 g/mol. The van der Waals surface area contributed by atoms with Gasteiger partial charge in [0.15, 0.2) is 5.76 Å². The first-order chi connectivity index (χ1) is 10.2. The molecule has 1 aliphatic rings. The molecule has 1 atom stereocenters. The number of ether oxygens (including phenoxy) is 1. The van der Waals surface area contributed by atoms with E-state index in [2.05, 4.69) is 22.2 Å². The minimum absolute atomic E-state index is 0.237. The average molecular weight is 291 g/mol. The zero-order valence-electron chi connectivity index (χ0n) is 12.5. The maximum Gasteiger partial charge on any atom is 0.263 e. The summed E-state index contributed by atoms with van der Waals surface area (Å²) in [5.74, 6) is 2.00. The number of aryl methyl sites for hydroxylation is 1. The molecular formula is C15H21N3O3. The van der Waals surface area contributed by atoms with E-state index in [9.17, 15) is 0 Å². The Morgan fingerprint density at radius 2 is 2.38 bits per heavy atom. The maximum absolute atomic E-state index is 5.72. The molecule has 0 unspecified atom stereocenters. The molecule has 3 rings (SSSR count). The van der Waals surface area contributed by atoms with Gasteiger partial charge in [0.2, 0.25) is 0 Å². The van der Waals surface area contributed by atoms with Crippen molar-refractivity contribution in [3.8, 4) is 11.7 Å². The van der Waals surface area contributed by atoms with Crippen molar-refractivity contribution < 1.29 is 13.6 Å². The zero-order valence-corrected chi connectivity index (χ0v) is 12.5. The second kappa shape index (κ2) is 6.43. The van der Waals surface area contributed by atoms with Crippen LogP contribution < -0.4 is 5.32 Å². The maximum atomic E-state index is 5.72. The third-order valence-electron chi connectivity index (χ3n) is 3.63. The molecule has 0 bridgehead atoms. The third kappa shape index (κ3) is 3.53. The lowest BCUT2D eigenvalue weighted by atomic mass is 10.2. The number of oxazole rings is 1. The Morgan fingerprint density at radius 1 is 1.48 bits per heavy atom. The molecule has 1 aliphatic heterocycles. The Hall–Kier alpha value is -1.63. The fourth-order valence-electron chi connectivity index (χ4n) is 2.44. The van der Waals surface area contributed by atoms with Crippen LogP contribution in [0.25, 0.3) is 11.7 Å². The Bertz CT molecular complexity index is 565. The SMILES string of the molecule is Cc1oc(-c2ccco2)nc1CNC[C@@H]1CN(C)CCO1. The number of nitrogens with zero attached hydrogens (tertiary/aromatic N) is 2. The standard InChI is InChI=1S/C15H21N3O3/c1-11-13(17-15(21-11)14-4-3-6-20-14)9-16-8-12-10-18(2)5-7-19-12/h3-4,6,12,16H,5,7-10H2,1-2H3/t12-/m1/s1. The highest BCUT2D eigenvalue weighted by Crippen LogP contribution is 2.21. The van der Waals surface area contributed by atoms with Crippen molar-refractivity contribution in [2.45, 2.75) is 19.6 Å². The Labute approximate surface area is 124 Å². The minimum atomic E-state index is 0.237. The third-order valence-corrected chi connectivity index (χ3v) is 3.63. The van der Waals surface area contributed by atoms with Gasteiger partial charge in [0, 0.05) is 26.2 Å². The van der Waals surface area contributed by atoms with Crippen LogP contribution in [0.2, 0.25) is 0 Å². The van der Waals surface area contributed by atoms with E-state index >= 15 is 0 Å². The molecule has 0 spiro atoms.